The van der Waals surface area contributed by atoms with Crippen molar-refractivity contribution in [1.82, 2.24) is 4.90 Å². The Morgan fingerprint density at radius 3 is 2.52 bits per heavy atom. The van der Waals surface area contributed by atoms with E-state index in [4.69, 9.17) is 11.6 Å². The van der Waals surface area contributed by atoms with Crippen LogP contribution >= 0.6 is 34.2 Å². The minimum atomic E-state index is -0.133. The van der Waals surface area contributed by atoms with Gasteiger partial charge in [-0.15, -0.1) is 0 Å². The van der Waals surface area contributed by atoms with Crippen LogP contribution < -0.4 is 0 Å². The first-order valence-electron chi connectivity index (χ1n) is 6.51. The first-order chi connectivity index (χ1) is 10.1. The Kier molecular flexibility index (Phi) is 6.02. The molecule has 0 aliphatic carbocycles. The molecule has 5 heteroatoms. The van der Waals surface area contributed by atoms with Crippen LogP contribution in [0.5, 0.6) is 0 Å². The monoisotopic (exact) mass is 415 g/mol. The van der Waals surface area contributed by atoms with Crippen molar-refractivity contribution in [2.75, 3.05) is 13.2 Å². The van der Waals surface area contributed by atoms with E-state index in [2.05, 4.69) is 22.6 Å². The summed E-state index contributed by atoms with van der Waals surface area (Å²) in [6.07, 6.45) is 0. The van der Waals surface area contributed by atoms with Gasteiger partial charge in [-0.1, -0.05) is 41.9 Å². The summed E-state index contributed by atoms with van der Waals surface area (Å²) in [4.78, 5) is 14.2. The van der Waals surface area contributed by atoms with Crippen LogP contribution in [0.15, 0.2) is 48.5 Å². The molecular formula is C16H15ClINO2. The molecule has 21 heavy (non-hydrogen) atoms. The zero-order valence-corrected chi connectivity index (χ0v) is 14.2. The van der Waals surface area contributed by atoms with Crippen molar-refractivity contribution >= 4 is 40.1 Å². The molecule has 2 rings (SSSR count). The number of halogens is 2. The molecule has 0 saturated carbocycles. The third-order valence-corrected chi connectivity index (χ3v) is 4.61. The van der Waals surface area contributed by atoms with Gasteiger partial charge in [0, 0.05) is 22.2 Å². The lowest BCUT2D eigenvalue weighted by atomic mass is 10.1. The highest BCUT2D eigenvalue weighted by molar-refractivity contribution is 14.1. The summed E-state index contributed by atoms with van der Waals surface area (Å²) >= 11 is 8.19. The van der Waals surface area contributed by atoms with Gasteiger partial charge in [-0.05, 0) is 46.4 Å². The molecule has 0 spiro atoms. The molecule has 2 aromatic rings. The Balaban J connectivity index is 2.20. The first-order valence-corrected chi connectivity index (χ1v) is 7.96. The molecule has 0 aromatic heterocycles. The van der Waals surface area contributed by atoms with Crippen molar-refractivity contribution in [3.63, 3.8) is 0 Å². The molecule has 0 aliphatic heterocycles. The molecule has 0 heterocycles. The minimum absolute atomic E-state index is 0.0727. The molecule has 110 valence electrons. The van der Waals surface area contributed by atoms with Gasteiger partial charge in [-0.25, -0.2) is 0 Å². The zero-order chi connectivity index (χ0) is 15.2. The van der Waals surface area contributed by atoms with Gasteiger partial charge >= 0.3 is 0 Å². The smallest absolute Gasteiger partial charge is 0.254 e. The molecular weight excluding hydrogens is 401 g/mol. The fourth-order valence-corrected chi connectivity index (χ4v) is 2.50. The van der Waals surface area contributed by atoms with Gasteiger partial charge < -0.3 is 10.0 Å². The average Bonchev–Trinajstić information content (AvgIpc) is 2.50. The van der Waals surface area contributed by atoms with Crippen LogP contribution in [0.3, 0.4) is 0 Å². The number of carbonyl (C=O) groups excluding carboxylic acids is 1. The van der Waals surface area contributed by atoms with Crippen LogP contribution in [-0.4, -0.2) is 29.1 Å². The minimum Gasteiger partial charge on any atom is -0.395 e. The summed E-state index contributed by atoms with van der Waals surface area (Å²) in [5.74, 6) is -0.133. The van der Waals surface area contributed by atoms with E-state index in [9.17, 15) is 9.90 Å². The van der Waals surface area contributed by atoms with Crippen molar-refractivity contribution in [2.45, 2.75) is 6.54 Å². The molecule has 0 radical (unpaired) electrons. The van der Waals surface area contributed by atoms with Crippen LogP contribution in [-0.2, 0) is 6.54 Å². The van der Waals surface area contributed by atoms with Crippen LogP contribution in [0.4, 0.5) is 0 Å². The third-order valence-electron chi connectivity index (χ3n) is 3.04. The maximum Gasteiger partial charge on any atom is 0.254 e. The van der Waals surface area contributed by atoms with E-state index in [0.29, 0.717) is 17.1 Å². The fraction of sp³-hybridized carbons (Fsp3) is 0.188. The van der Waals surface area contributed by atoms with E-state index < -0.39 is 0 Å². The number of aliphatic hydroxyl groups is 1. The Hall–Kier alpha value is -1.11. The lowest BCUT2D eigenvalue weighted by Crippen LogP contribution is -2.33. The van der Waals surface area contributed by atoms with Crippen LogP contribution in [0, 0.1) is 3.57 Å². The number of hydrogen-bond donors (Lipinski definition) is 1. The number of amides is 1. The molecule has 2 aromatic carbocycles. The normalized spacial score (nSPS) is 10.4. The Labute approximate surface area is 142 Å². The number of rotatable bonds is 5. The standard InChI is InChI=1S/C16H15ClINO2/c17-14-10-13(6-7-15(14)18)16(21)19(8-9-20)11-12-4-2-1-3-5-12/h1-7,10,20H,8-9,11H2. The second-order valence-corrected chi connectivity index (χ2v) is 6.13. The highest BCUT2D eigenvalue weighted by atomic mass is 127. The third kappa shape index (κ3) is 4.43. The summed E-state index contributed by atoms with van der Waals surface area (Å²) in [7, 11) is 0. The number of aliphatic hydroxyl groups excluding tert-OH is 1. The van der Waals surface area contributed by atoms with Crippen molar-refractivity contribution in [3.8, 4) is 0 Å². The van der Waals surface area contributed by atoms with Gasteiger partial charge in [-0.3, -0.25) is 4.79 Å². The average molecular weight is 416 g/mol. The van der Waals surface area contributed by atoms with E-state index in [1.54, 1.807) is 17.0 Å². The Bertz CT molecular complexity index is 619. The van der Waals surface area contributed by atoms with Gasteiger partial charge in [0.05, 0.1) is 11.6 Å². The quantitative estimate of drug-likeness (QED) is 0.759. The summed E-state index contributed by atoms with van der Waals surface area (Å²) in [6, 6.07) is 14.9. The molecule has 0 fully saturated rings. The van der Waals surface area contributed by atoms with Gasteiger partial charge in [0.15, 0.2) is 0 Å². The number of carbonyl (C=O) groups is 1. The molecule has 1 amide bonds. The van der Waals surface area contributed by atoms with Crippen molar-refractivity contribution in [1.29, 1.82) is 0 Å². The van der Waals surface area contributed by atoms with E-state index in [1.165, 1.54) is 0 Å². The Morgan fingerprint density at radius 1 is 1.19 bits per heavy atom. The molecule has 0 atom stereocenters. The molecule has 0 bridgehead atoms. The second kappa shape index (κ2) is 7.77. The predicted octanol–water partition coefficient (Wildman–Crippen LogP) is 3.58. The van der Waals surface area contributed by atoms with Gasteiger partial charge in [0.2, 0.25) is 0 Å². The van der Waals surface area contributed by atoms with Crippen molar-refractivity contribution < 1.29 is 9.90 Å². The second-order valence-electron chi connectivity index (χ2n) is 4.56. The number of hydrogen-bond acceptors (Lipinski definition) is 2. The van der Waals surface area contributed by atoms with Crippen LogP contribution in [0.2, 0.25) is 5.02 Å². The van der Waals surface area contributed by atoms with E-state index in [1.807, 2.05) is 36.4 Å². The summed E-state index contributed by atoms with van der Waals surface area (Å²) in [5, 5.41) is 9.75. The molecule has 0 unspecified atom stereocenters. The molecule has 1 N–H and O–H groups in total. The topological polar surface area (TPSA) is 40.5 Å². The number of nitrogens with zero attached hydrogens (tertiary/aromatic N) is 1. The Morgan fingerprint density at radius 2 is 1.90 bits per heavy atom. The first kappa shape index (κ1) is 16.3. The highest BCUT2D eigenvalue weighted by Gasteiger charge is 2.16. The van der Waals surface area contributed by atoms with Crippen LogP contribution in [0.1, 0.15) is 15.9 Å². The largest absolute Gasteiger partial charge is 0.395 e. The SMILES string of the molecule is O=C(c1ccc(I)c(Cl)c1)N(CCO)Cc1ccccc1. The van der Waals surface area contributed by atoms with Crippen LogP contribution in [0.25, 0.3) is 0 Å². The maximum absolute atomic E-state index is 12.6. The zero-order valence-electron chi connectivity index (χ0n) is 11.3. The van der Waals surface area contributed by atoms with Crippen molar-refractivity contribution in [3.05, 3.63) is 68.3 Å². The van der Waals surface area contributed by atoms with E-state index in [0.717, 1.165) is 9.13 Å². The summed E-state index contributed by atoms with van der Waals surface area (Å²) < 4.78 is 0.905. The van der Waals surface area contributed by atoms with E-state index >= 15 is 0 Å². The molecule has 3 nitrogen and oxygen atoms in total. The number of benzene rings is 2. The van der Waals surface area contributed by atoms with Gasteiger partial charge in [-0.2, -0.15) is 0 Å². The lowest BCUT2D eigenvalue weighted by molar-refractivity contribution is 0.0708. The molecule has 0 aliphatic rings. The van der Waals surface area contributed by atoms with E-state index in [-0.39, 0.29) is 19.1 Å². The maximum atomic E-state index is 12.6. The fourth-order valence-electron chi connectivity index (χ4n) is 1.99. The lowest BCUT2D eigenvalue weighted by Gasteiger charge is -2.22. The molecule has 0 saturated heterocycles. The predicted molar refractivity (Wildman–Crippen MR) is 92.4 cm³/mol. The summed E-state index contributed by atoms with van der Waals surface area (Å²) in [6.45, 7) is 0.678. The van der Waals surface area contributed by atoms with Gasteiger partial charge in [0.1, 0.15) is 0 Å². The van der Waals surface area contributed by atoms with Gasteiger partial charge in [0.25, 0.3) is 5.91 Å². The van der Waals surface area contributed by atoms with Crippen molar-refractivity contribution in [2.24, 2.45) is 0 Å². The summed E-state index contributed by atoms with van der Waals surface area (Å²) in [5.41, 5.74) is 1.56. The highest BCUT2D eigenvalue weighted by Crippen LogP contribution is 2.21.